The first kappa shape index (κ1) is 14.7. The quantitative estimate of drug-likeness (QED) is 0.829. The van der Waals surface area contributed by atoms with E-state index in [1.54, 1.807) is 5.56 Å². The number of para-hydroxylation sites is 1. The van der Waals surface area contributed by atoms with Crippen LogP contribution in [0.1, 0.15) is 44.1 Å². The summed E-state index contributed by atoms with van der Waals surface area (Å²) in [6, 6.07) is 9.85. The number of fused-ring (bicyclic) bond motifs is 3. The van der Waals surface area contributed by atoms with Crippen LogP contribution in [0.25, 0.3) is 0 Å². The third-order valence-corrected chi connectivity index (χ3v) is 8.76. The van der Waals surface area contributed by atoms with Crippen molar-refractivity contribution in [2.45, 2.75) is 55.5 Å². The molecule has 1 aromatic carbocycles. The molecule has 3 aliphatic carbocycles. The van der Waals surface area contributed by atoms with E-state index in [1.165, 1.54) is 57.3 Å². The van der Waals surface area contributed by atoms with E-state index in [-0.39, 0.29) is 11.0 Å². The largest absolute Gasteiger partial charge is 0.501 e. The minimum atomic E-state index is 0.0995. The van der Waals surface area contributed by atoms with E-state index in [9.17, 15) is 0 Å². The van der Waals surface area contributed by atoms with Gasteiger partial charge in [0.1, 0.15) is 0 Å². The smallest absolute Gasteiger partial charge is 0.0938 e. The fraction of sp³-hybridized carbons (Fsp3) is 0.636. The summed E-state index contributed by atoms with van der Waals surface area (Å²) in [4.78, 5) is 2.85. The molecule has 2 saturated heterocycles. The van der Waals surface area contributed by atoms with Crippen LogP contribution in [0.15, 0.2) is 36.6 Å². The zero-order chi connectivity index (χ0) is 16.9. The van der Waals surface area contributed by atoms with Crippen LogP contribution in [0, 0.1) is 11.3 Å². The zero-order valence-corrected chi connectivity index (χ0v) is 15.2. The Kier molecular flexibility index (Phi) is 2.60. The Bertz CT molecular complexity index is 775. The number of hydrogen-bond donors (Lipinski definition) is 1. The summed E-state index contributed by atoms with van der Waals surface area (Å²) < 4.78 is 5.78. The molecule has 0 amide bonds. The summed E-state index contributed by atoms with van der Waals surface area (Å²) in [6.07, 6.45) is 7.92. The van der Waals surface area contributed by atoms with E-state index in [2.05, 4.69) is 41.1 Å². The van der Waals surface area contributed by atoms with Gasteiger partial charge >= 0.3 is 0 Å². The second-order valence-corrected chi connectivity index (χ2v) is 9.19. The van der Waals surface area contributed by atoms with Gasteiger partial charge in [-0.25, -0.2) is 0 Å². The zero-order valence-electron chi connectivity index (χ0n) is 15.2. The molecular weight excluding hydrogens is 308 g/mol. The van der Waals surface area contributed by atoms with Crippen LogP contribution in [0.4, 0.5) is 5.69 Å². The Labute approximate surface area is 150 Å². The molecular formula is C22H28N2O. The molecule has 132 valence electrons. The third kappa shape index (κ3) is 1.39. The Morgan fingerprint density at radius 1 is 1.20 bits per heavy atom. The Hall–Kier alpha value is -1.48. The number of rotatable bonds is 2. The van der Waals surface area contributed by atoms with E-state index in [0.29, 0.717) is 17.4 Å². The monoisotopic (exact) mass is 336 g/mol. The number of nitrogens with one attached hydrogen (secondary N) is 1. The molecule has 3 aliphatic heterocycles. The minimum Gasteiger partial charge on any atom is -0.501 e. The molecule has 3 saturated carbocycles. The molecule has 2 bridgehead atoms. The van der Waals surface area contributed by atoms with Crippen LogP contribution in [-0.2, 0) is 10.2 Å². The van der Waals surface area contributed by atoms with Gasteiger partial charge in [0, 0.05) is 23.1 Å². The summed E-state index contributed by atoms with van der Waals surface area (Å²) in [6.45, 7) is 6.93. The van der Waals surface area contributed by atoms with Crippen molar-refractivity contribution in [3.05, 3.63) is 42.2 Å². The van der Waals surface area contributed by atoms with Crippen molar-refractivity contribution < 1.29 is 4.74 Å². The Morgan fingerprint density at radius 3 is 2.96 bits per heavy atom. The van der Waals surface area contributed by atoms with Gasteiger partial charge in [-0.3, -0.25) is 4.90 Å². The first-order valence-electron chi connectivity index (χ1n) is 10.0. The maximum absolute atomic E-state index is 5.78. The number of ether oxygens (including phenoxy) is 1. The first-order chi connectivity index (χ1) is 12.2. The van der Waals surface area contributed by atoms with Crippen LogP contribution in [0.2, 0.25) is 0 Å². The van der Waals surface area contributed by atoms with E-state index in [0.717, 1.165) is 5.76 Å². The molecule has 0 radical (unpaired) electrons. The average molecular weight is 336 g/mol. The van der Waals surface area contributed by atoms with Crippen LogP contribution in [0.5, 0.6) is 0 Å². The maximum atomic E-state index is 5.78. The van der Waals surface area contributed by atoms with Crippen LogP contribution in [-0.4, -0.2) is 36.7 Å². The lowest BCUT2D eigenvalue weighted by molar-refractivity contribution is -0.128. The summed E-state index contributed by atoms with van der Waals surface area (Å²) in [5.74, 6) is 1.43. The summed E-state index contributed by atoms with van der Waals surface area (Å²) in [5, 5.41) is 4.08. The molecule has 1 N–H and O–H groups in total. The molecule has 6 aliphatic rings. The highest BCUT2D eigenvalue weighted by molar-refractivity contribution is 5.69. The molecule has 3 heteroatoms. The number of nitrogens with zero attached hydrogens (tertiary/aromatic N) is 1. The van der Waals surface area contributed by atoms with Crippen LogP contribution in [0.3, 0.4) is 0 Å². The topological polar surface area (TPSA) is 24.5 Å². The van der Waals surface area contributed by atoms with Crippen molar-refractivity contribution in [1.82, 2.24) is 4.90 Å². The van der Waals surface area contributed by atoms with Crippen molar-refractivity contribution >= 4 is 5.69 Å². The normalized spacial score (nSPS) is 46.1. The fourth-order valence-electron chi connectivity index (χ4n) is 8.13. The first-order valence-corrected chi connectivity index (χ1v) is 10.0. The molecule has 5 fully saturated rings. The third-order valence-electron chi connectivity index (χ3n) is 8.76. The second kappa shape index (κ2) is 4.43. The highest BCUT2D eigenvalue weighted by atomic mass is 16.5. The lowest BCUT2D eigenvalue weighted by Crippen LogP contribution is -2.76. The van der Waals surface area contributed by atoms with E-state index in [1.807, 2.05) is 7.11 Å². The predicted molar refractivity (Wildman–Crippen MR) is 99.6 cm³/mol. The summed E-state index contributed by atoms with van der Waals surface area (Å²) in [5.41, 5.74) is 3.76. The number of hydrogen-bond acceptors (Lipinski definition) is 3. The SMILES string of the molecule is C=C(OC)C1CC23CCCN4CCC5(c6ccccc6NC15CC2)C43. The molecule has 3 spiro atoms. The maximum Gasteiger partial charge on any atom is 0.0938 e. The second-order valence-electron chi connectivity index (χ2n) is 9.19. The summed E-state index contributed by atoms with van der Waals surface area (Å²) >= 11 is 0. The molecule has 5 unspecified atom stereocenters. The highest BCUT2D eigenvalue weighted by Gasteiger charge is 2.78. The Balaban J connectivity index is 1.65. The van der Waals surface area contributed by atoms with Gasteiger partial charge in [0.2, 0.25) is 0 Å². The lowest BCUT2D eigenvalue weighted by atomic mass is 9.39. The number of benzene rings is 1. The van der Waals surface area contributed by atoms with Gasteiger partial charge in [-0.05, 0) is 68.7 Å². The molecule has 25 heavy (non-hydrogen) atoms. The number of piperidine rings is 1. The van der Waals surface area contributed by atoms with Gasteiger partial charge < -0.3 is 10.1 Å². The van der Waals surface area contributed by atoms with Crippen molar-refractivity contribution in [1.29, 1.82) is 0 Å². The molecule has 1 aromatic rings. The van der Waals surface area contributed by atoms with Crippen molar-refractivity contribution in [3.8, 4) is 0 Å². The molecule has 3 heterocycles. The molecule has 3 nitrogen and oxygen atoms in total. The van der Waals surface area contributed by atoms with Crippen molar-refractivity contribution in [2.24, 2.45) is 11.3 Å². The van der Waals surface area contributed by atoms with Gasteiger partial charge in [-0.1, -0.05) is 24.8 Å². The molecule has 7 rings (SSSR count). The van der Waals surface area contributed by atoms with E-state index < -0.39 is 0 Å². The highest BCUT2D eigenvalue weighted by Crippen LogP contribution is 2.74. The van der Waals surface area contributed by atoms with Crippen molar-refractivity contribution in [3.63, 3.8) is 0 Å². The molecule has 0 aromatic heterocycles. The number of methoxy groups -OCH3 is 1. The average Bonchev–Trinajstić information content (AvgIpc) is 3.19. The van der Waals surface area contributed by atoms with Crippen molar-refractivity contribution in [2.75, 3.05) is 25.5 Å². The Morgan fingerprint density at radius 2 is 2.08 bits per heavy atom. The van der Waals surface area contributed by atoms with Gasteiger partial charge in [-0.15, -0.1) is 0 Å². The number of anilines is 1. The van der Waals surface area contributed by atoms with E-state index in [4.69, 9.17) is 4.74 Å². The van der Waals surface area contributed by atoms with Crippen LogP contribution < -0.4 is 5.32 Å². The fourth-order valence-corrected chi connectivity index (χ4v) is 8.13. The van der Waals surface area contributed by atoms with Gasteiger partial charge in [-0.2, -0.15) is 0 Å². The predicted octanol–water partition coefficient (Wildman–Crippen LogP) is 3.92. The lowest BCUT2D eigenvalue weighted by Gasteiger charge is -2.69. The van der Waals surface area contributed by atoms with Gasteiger partial charge in [0.25, 0.3) is 0 Å². The minimum absolute atomic E-state index is 0.0995. The summed E-state index contributed by atoms with van der Waals surface area (Å²) in [7, 11) is 1.81. The van der Waals surface area contributed by atoms with Crippen LogP contribution >= 0.6 is 0 Å². The van der Waals surface area contributed by atoms with Gasteiger partial charge in [0.15, 0.2) is 0 Å². The van der Waals surface area contributed by atoms with Gasteiger partial charge in [0.05, 0.1) is 18.4 Å². The van der Waals surface area contributed by atoms with E-state index >= 15 is 0 Å². The molecule has 5 atom stereocenters. The standard InChI is InChI=1S/C22H28N2O/c1-15(25-2)17-14-20-8-5-12-24-13-11-21(19(20)24)16-6-3-4-7-18(16)23-22(17,21)10-9-20/h3-4,6-7,17,19,23H,1,5,8-14H2,2H3.